The van der Waals surface area contributed by atoms with Crippen molar-refractivity contribution in [1.29, 1.82) is 0 Å². The first-order chi connectivity index (χ1) is 5.50. The number of aliphatic carboxylic acids is 1. The molecule has 1 amide bonds. The summed E-state index contributed by atoms with van der Waals surface area (Å²) in [5, 5.41) is 8.50. The largest absolute Gasteiger partial charge is 0.481 e. The first kappa shape index (κ1) is 10.7. The van der Waals surface area contributed by atoms with Crippen LogP contribution < -0.4 is 0 Å². The quantitative estimate of drug-likeness (QED) is 0.490. The number of carbonyl (C=O) groups is 2. The summed E-state index contributed by atoms with van der Waals surface area (Å²) in [7, 11) is 1.55. The van der Waals surface area contributed by atoms with E-state index < -0.39 is 17.8 Å². The van der Waals surface area contributed by atoms with Crippen LogP contribution in [0.5, 0.6) is 0 Å². The average Bonchev–Trinajstić information content (AvgIpc) is 2.02. The fraction of sp³-hybridized carbons (Fsp3) is 0.500. The monoisotopic (exact) mass is 171 g/mol. The van der Waals surface area contributed by atoms with Gasteiger partial charge in [-0.15, -0.1) is 6.58 Å². The SMILES string of the molecule is C=CCN(C)C(=O)C(C)C(=O)O. The number of carboxylic acids is 1. The number of hydrogen-bond donors (Lipinski definition) is 1. The van der Waals surface area contributed by atoms with E-state index in [1.165, 1.54) is 11.8 Å². The van der Waals surface area contributed by atoms with Crippen LogP contribution in [0.1, 0.15) is 6.92 Å². The highest BCUT2D eigenvalue weighted by Gasteiger charge is 2.22. The first-order valence-electron chi connectivity index (χ1n) is 3.59. The second-order valence-electron chi connectivity index (χ2n) is 2.57. The van der Waals surface area contributed by atoms with Crippen LogP contribution in [0, 0.1) is 5.92 Å². The van der Waals surface area contributed by atoms with E-state index in [1.807, 2.05) is 0 Å². The van der Waals surface area contributed by atoms with E-state index in [0.717, 1.165) is 0 Å². The summed E-state index contributed by atoms with van der Waals surface area (Å²) in [6.07, 6.45) is 1.55. The molecule has 68 valence electrons. The predicted octanol–water partition coefficient (Wildman–Crippen LogP) is 0.352. The van der Waals surface area contributed by atoms with Gasteiger partial charge in [0.25, 0.3) is 0 Å². The molecular weight excluding hydrogens is 158 g/mol. The third-order valence-electron chi connectivity index (χ3n) is 1.52. The fourth-order valence-corrected chi connectivity index (χ4v) is 0.720. The molecule has 1 unspecified atom stereocenters. The zero-order valence-electron chi connectivity index (χ0n) is 7.28. The van der Waals surface area contributed by atoms with Crippen molar-refractivity contribution in [2.45, 2.75) is 6.92 Å². The third-order valence-corrected chi connectivity index (χ3v) is 1.52. The zero-order chi connectivity index (χ0) is 9.72. The van der Waals surface area contributed by atoms with E-state index in [0.29, 0.717) is 6.54 Å². The Morgan fingerprint density at radius 3 is 2.50 bits per heavy atom. The summed E-state index contributed by atoms with van der Waals surface area (Å²) in [6, 6.07) is 0. The maximum Gasteiger partial charge on any atom is 0.315 e. The maximum absolute atomic E-state index is 11.2. The Labute approximate surface area is 71.5 Å². The van der Waals surface area contributed by atoms with Crippen molar-refractivity contribution in [2.75, 3.05) is 13.6 Å². The summed E-state index contributed by atoms with van der Waals surface area (Å²) in [4.78, 5) is 22.9. The minimum atomic E-state index is -1.10. The Balaban J connectivity index is 4.18. The number of hydrogen-bond acceptors (Lipinski definition) is 2. The van der Waals surface area contributed by atoms with Crippen LogP contribution in [0.15, 0.2) is 12.7 Å². The van der Waals surface area contributed by atoms with E-state index in [9.17, 15) is 9.59 Å². The molecule has 0 aliphatic carbocycles. The first-order valence-corrected chi connectivity index (χ1v) is 3.59. The summed E-state index contributed by atoms with van der Waals surface area (Å²) >= 11 is 0. The van der Waals surface area contributed by atoms with Gasteiger partial charge in [0.05, 0.1) is 0 Å². The van der Waals surface area contributed by atoms with E-state index >= 15 is 0 Å². The number of likely N-dealkylation sites (N-methyl/N-ethyl adjacent to an activating group) is 1. The Morgan fingerprint density at radius 2 is 2.17 bits per heavy atom. The molecule has 0 aromatic rings. The van der Waals surface area contributed by atoms with Gasteiger partial charge in [0.1, 0.15) is 5.92 Å². The van der Waals surface area contributed by atoms with Gasteiger partial charge in [-0.3, -0.25) is 9.59 Å². The lowest BCUT2D eigenvalue weighted by atomic mass is 10.1. The summed E-state index contributed by atoms with van der Waals surface area (Å²) in [5.41, 5.74) is 0. The van der Waals surface area contributed by atoms with Crippen molar-refractivity contribution in [3.05, 3.63) is 12.7 Å². The summed E-state index contributed by atoms with van der Waals surface area (Å²) in [6.45, 7) is 5.18. The van der Waals surface area contributed by atoms with E-state index in [4.69, 9.17) is 5.11 Å². The minimum absolute atomic E-state index is 0.371. The smallest absolute Gasteiger partial charge is 0.315 e. The van der Waals surface area contributed by atoms with Crippen LogP contribution in [0.2, 0.25) is 0 Å². The number of carbonyl (C=O) groups excluding carboxylic acids is 1. The number of nitrogens with zero attached hydrogens (tertiary/aromatic N) is 1. The summed E-state index contributed by atoms with van der Waals surface area (Å²) in [5.74, 6) is -2.48. The normalized spacial score (nSPS) is 11.8. The van der Waals surface area contributed by atoms with Crippen LogP contribution in [0.25, 0.3) is 0 Å². The van der Waals surface area contributed by atoms with Crippen LogP contribution in [-0.4, -0.2) is 35.5 Å². The van der Waals surface area contributed by atoms with Gasteiger partial charge < -0.3 is 10.0 Å². The van der Waals surface area contributed by atoms with Crippen LogP contribution in [-0.2, 0) is 9.59 Å². The second-order valence-corrected chi connectivity index (χ2v) is 2.57. The molecule has 0 aliphatic rings. The Hall–Kier alpha value is -1.32. The molecule has 0 spiro atoms. The molecule has 0 bridgehead atoms. The Morgan fingerprint density at radius 1 is 1.67 bits per heavy atom. The van der Waals surface area contributed by atoms with E-state index in [2.05, 4.69) is 6.58 Å². The number of rotatable bonds is 4. The van der Waals surface area contributed by atoms with Crippen LogP contribution >= 0.6 is 0 Å². The van der Waals surface area contributed by atoms with E-state index in [-0.39, 0.29) is 0 Å². The standard InChI is InChI=1S/C8H13NO3/c1-4-5-9(3)7(10)6(2)8(11)12/h4,6H,1,5H2,2-3H3,(H,11,12). The van der Waals surface area contributed by atoms with E-state index in [1.54, 1.807) is 13.1 Å². The summed E-state index contributed by atoms with van der Waals surface area (Å²) < 4.78 is 0. The van der Waals surface area contributed by atoms with Crippen molar-refractivity contribution >= 4 is 11.9 Å². The number of carboxylic acid groups (broad SMARTS) is 1. The molecular formula is C8H13NO3. The Bertz CT molecular complexity index is 200. The van der Waals surface area contributed by atoms with Gasteiger partial charge in [0.15, 0.2) is 0 Å². The molecule has 0 rings (SSSR count). The van der Waals surface area contributed by atoms with Crippen LogP contribution in [0.3, 0.4) is 0 Å². The van der Waals surface area contributed by atoms with Crippen molar-refractivity contribution in [3.8, 4) is 0 Å². The minimum Gasteiger partial charge on any atom is -0.481 e. The predicted molar refractivity (Wildman–Crippen MR) is 44.6 cm³/mol. The fourth-order valence-electron chi connectivity index (χ4n) is 0.720. The van der Waals surface area contributed by atoms with Crippen molar-refractivity contribution in [2.24, 2.45) is 5.92 Å². The van der Waals surface area contributed by atoms with Gasteiger partial charge in [-0.25, -0.2) is 0 Å². The molecule has 0 saturated carbocycles. The van der Waals surface area contributed by atoms with Gasteiger partial charge in [0, 0.05) is 13.6 Å². The molecule has 0 heterocycles. The Kier molecular flexibility index (Phi) is 4.04. The maximum atomic E-state index is 11.2. The van der Waals surface area contributed by atoms with Gasteiger partial charge in [-0.1, -0.05) is 6.08 Å². The second kappa shape index (κ2) is 4.54. The highest BCUT2D eigenvalue weighted by Crippen LogP contribution is 2.00. The van der Waals surface area contributed by atoms with Gasteiger partial charge in [-0.05, 0) is 6.92 Å². The molecule has 1 atom stereocenters. The lowest BCUT2D eigenvalue weighted by molar-refractivity contribution is -0.149. The molecule has 1 N–H and O–H groups in total. The molecule has 0 fully saturated rings. The molecule has 0 radical (unpaired) electrons. The topological polar surface area (TPSA) is 57.6 Å². The molecule has 0 aliphatic heterocycles. The zero-order valence-corrected chi connectivity index (χ0v) is 7.28. The van der Waals surface area contributed by atoms with Crippen molar-refractivity contribution < 1.29 is 14.7 Å². The molecule has 0 saturated heterocycles. The van der Waals surface area contributed by atoms with Crippen molar-refractivity contribution in [1.82, 2.24) is 4.90 Å². The average molecular weight is 171 g/mol. The number of amides is 1. The highest BCUT2D eigenvalue weighted by atomic mass is 16.4. The molecule has 4 heteroatoms. The van der Waals surface area contributed by atoms with Crippen molar-refractivity contribution in [3.63, 3.8) is 0 Å². The van der Waals surface area contributed by atoms with Gasteiger partial charge >= 0.3 is 5.97 Å². The molecule has 0 aromatic carbocycles. The lowest BCUT2D eigenvalue weighted by Crippen LogP contribution is -2.35. The molecule has 4 nitrogen and oxygen atoms in total. The molecule has 0 aromatic heterocycles. The molecule has 12 heavy (non-hydrogen) atoms. The van der Waals surface area contributed by atoms with Gasteiger partial charge in [-0.2, -0.15) is 0 Å². The van der Waals surface area contributed by atoms with Crippen LogP contribution in [0.4, 0.5) is 0 Å². The lowest BCUT2D eigenvalue weighted by Gasteiger charge is -2.16. The third kappa shape index (κ3) is 2.74. The van der Waals surface area contributed by atoms with Gasteiger partial charge in [0.2, 0.25) is 5.91 Å². The highest BCUT2D eigenvalue weighted by molar-refractivity contribution is 5.96.